The Kier molecular flexibility index (Phi) is 3.80. The third kappa shape index (κ3) is 2.53. The molecule has 1 saturated heterocycles. The number of ether oxygens (including phenoxy) is 1. The van der Waals surface area contributed by atoms with E-state index in [0.717, 1.165) is 11.1 Å². The number of carbonyl (C=O) groups excluding carboxylic acids is 1. The molecular formula is C16H21NO4. The fraction of sp³-hybridized carbons (Fsp3) is 0.500. The third-order valence-corrected chi connectivity index (χ3v) is 4.21. The summed E-state index contributed by atoms with van der Waals surface area (Å²) < 4.78 is 5.39. The Labute approximate surface area is 124 Å². The number of anilines is 1. The van der Waals surface area contributed by atoms with Crippen molar-refractivity contribution >= 4 is 17.6 Å². The Bertz CT molecular complexity index is 578. The van der Waals surface area contributed by atoms with Crippen LogP contribution in [0.2, 0.25) is 0 Å². The van der Waals surface area contributed by atoms with E-state index in [2.05, 4.69) is 0 Å². The molecule has 5 heteroatoms. The summed E-state index contributed by atoms with van der Waals surface area (Å²) in [4.78, 5) is 25.6. The summed E-state index contributed by atoms with van der Waals surface area (Å²) in [5.74, 6) is -1.34. The first kappa shape index (κ1) is 15.5. The lowest BCUT2D eigenvalue weighted by molar-refractivity contribution is -0.140. The molecule has 1 fully saturated rings. The van der Waals surface area contributed by atoms with Crippen molar-refractivity contribution < 1.29 is 19.4 Å². The van der Waals surface area contributed by atoms with Gasteiger partial charge >= 0.3 is 5.97 Å². The van der Waals surface area contributed by atoms with Gasteiger partial charge in [0.25, 0.3) is 5.91 Å². The summed E-state index contributed by atoms with van der Waals surface area (Å²) in [5, 5.41) is 9.36. The van der Waals surface area contributed by atoms with Crippen molar-refractivity contribution in [3.8, 4) is 0 Å². The second-order valence-electron chi connectivity index (χ2n) is 5.80. The van der Waals surface area contributed by atoms with Gasteiger partial charge in [0, 0.05) is 0 Å². The van der Waals surface area contributed by atoms with Crippen molar-refractivity contribution in [3.05, 3.63) is 29.3 Å². The zero-order valence-electron chi connectivity index (χ0n) is 13.0. The number of carboxylic acid groups (broad SMARTS) is 1. The second-order valence-corrected chi connectivity index (χ2v) is 5.80. The third-order valence-electron chi connectivity index (χ3n) is 4.21. The van der Waals surface area contributed by atoms with E-state index < -0.39 is 17.6 Å². The van der Waals surface area contributed by atoms with Crippen LogP contribution in [0.3, 0.4) is 0 Å². The van der Waals surface area contributed by atoms with Gasteiger partial charge < -0.3 is 9.84 Å². The molecule has 2 unspecified atom stereocenters. The van der Waals surface area contributed by atoms with Crippen LogP contribution in [-0.2, 0) is 14.3 Å². The Morgan fingerprint density at radius 1 is 1.33 bits per heavy atom. The van der Waals surface area contributed by atoms with Crippen LogP contribution in [-0.4, -0.2) is 34.7 Å². The quantitative estimate of drug-likeness (QED) is 0.864. The van der Waals surface area contributed by atoms with E-state index in [1.54, 1.807) is 6.92 Å². The van der Waals surface area contributed by atoms with Crippen molar-refractivity contribution in [1.29, 1.82) is 0 Å². The molecule has 1 aromatic carbocycles. The average Bonchev–Trinajstić information content (AvgIpc) is 3.02. The Morgan fingerprint density at radius 2 is 1.81 bits per heavy atom. The van der Waals surface area contributed by atoms with E-state index in [0.29, 0.717) is 5.69 Å². The van der Waals surface area contributed by atoms with Crippen LogP contribution in [0.5, 0.6) is 0 Å². The van der Waals surface area contributed by atoms with Gasteiger partial charge in [-0.05, 0) is 45.7 Å². The highest BCUT2D eigenvalue weighted by molar-refractivity contribution is 6.06. The highest BCUT2D eigenvalue weighted by Crippen LogP contribution is 2.40. The lowest BCUT2D eigenvalue weighted by Gasteiger charge is -2.31. The molecule has 1 aliphatic rings. The number of carboxylic acids is 1. The molecule has 0 radical (unpaired) electrons. The van der Waals surface area contributed by atoms with Crippen LogP contribution in [0.25, 0.3) is 0 Å². The minimum atomic E-state index is -1.04. The summed E-state index contributed by atoms with van der Waals surface area (Å²) in [6.45, 7) is 8.78. The lowest BCUT2D eigenvalue weighted by Crippen LogP contribution is -2.50. The van der Waals surface area contributed by atoms with Gasteiger partial charge in [0.05, 0.1) is 11.8 Å². The first-order chi connectivity index (χ1) is 9.70. The maximum atomic E-state index is 12.8. The molecule has 1 aromatic rings. The van der Waals surface area contributed by atoms with Crippen molar-refractivity contribution in [2.45, 2.75) is 52.4 Å². The standard InChI is InChI=1S/C16H21NO4/c1-9-7-6-8-10(2)13(9)17(11(3)14(18)19)15(20)16(5)12(4)21-16/h6-8,11-12H,1-5H3,(H,18,19)/t11-,12?,16?/m0/s1. The maximum absolute atomic E-state index is 12.8. The summed E-state index contributed by atoms with van der Waals surface area (Å²) in [7, 11) is 0. The molecule has 0 aromatic heterocycles. The highest BCUT2D eigenvalue weighted by Gasteiger charge is 2.58. The van der Waals surface area contributed by atoms with Gasteiger partial charge in [-0.1, -0.05) is 18.2 Å². The number of carbonyl (C=O) groups is 2. The summed E-state index contributed by atoms with van der Waals surface area (Å²) in [6.07, 6.45) is -0.196. The van der Waals surface area contributed by atoms with Gasteiger partial charge in [-0.2, -0.15) is 0 Å². The number of aryl methyl sites for hydroxylation is 2. The molecule has 5 nitrogen and oxygen atoms in total. The minimum absolute atomic E-state index is 0.196. The van der Waals surface area contributed by atoms with E-state index >= 15 is 0 Å². The number of hydrogen-bond acceptors (Lipinski definition) is 3. The first-order valence-electron chi connectivity index (χ1n) is 7.00. The van der Waals surface area contributed by atoms with Crippen LogP contribution < -0.4 is 4.90 Å². The molecule has 1 amide bonds. The molecule has 21 heavy (non-hydrogen) atoms. The van der Waals surface area contributed by atoms with Crippen LogP contribution in [0.1, 0.15) is 31.9 Å². The molecule has 1 aliphatic heterocycles. The molecule has 0 aliphatic carbocycles. The molecule has 0 spiro atoms. The van der Waals surface area contributed by atoms with E-state index in [1.807, 2.05) is 39.0 Å². The van der Waals surface area contributed by atoms with E-state index in [-0.39, 0.29) is 12.0 Å². The predicted octanol–water partition coefficient (Wildman–Crippen LogP) is 2.29. The number of para-hydroxylation sites is 1. The molecule has 3 atom stereocenters. The fourth-order valence-electron chi connectivity index (χ4n) is 2.56. The molecule has 2 rings (SSSR count). The number of aliphatic carboxylic acids is 1. The number of rotatable bonds is 4. The number of epoxide rings is 1. The van der Waals surface area contributed by atoms with E-state index in [1.165, 1.54) is 11.8 Å². The molecule has 0 bridgehead atoms. The van der Waals surface area contributed by atoms with Gasteiger partial charge in [0.15, 0.2) is 5.60 Å². The normalized spacial score (nSPS) is 25.3. The molecular weight excluding hydrogens is 270 g/mol. The average molecular weight is 291 g/mol. The SMILES string of the molecule is Cc1cccc(C)c1N(C(=O)C1(C)OC1C)[C@@H](C)C(=O)O. The van der Waals surface area contributed by atoms with Crippen LogP contribution >= 0.6 is 0 Å². The Balaban J connectivity index is 2.52. The van der Waals surface area contributed by atoms with E-state index in [4.69, 9.17) is 4.74 Å². The zero-order valence-corrected chi connectivity index (χ0v) is 13.0. The molecule has 1 N–H and O–H groups in total. The summed E-state index contributed by atoms with van der Waals surface area (Å²) in [5.41, 5.74) is 1.46. The van der Waals surface area contributed by atoms with Crippen molar-refractivity contribution in [2.75, 3.05) is 4.90 Å². The smallest absolute Gasteiger partial charge is 0.326 e. The second kappa shape index (κ2) is 5.15. The fourth-order valence-corrected chi connectivity index (χ4v) is 2.56. The van der Waals surface area contributed by atoms with Gasteiger partial charge in [-0.3, -0.25) is 9.69 Å². The number of amides is 1. The van der Waals surface area contributed by atoms with Gasteiger partial charge in [-0.25, -0.2) is 4.79 Å². The first-order valence-corrected chi connectivity index (χ1v) is 7.00. The lowest BCUT2D eigenvalue weighted by atomic mass is 10.0. The van der Waals surface area contributed by atoms with Crippen LogP contribution in [0.4, 0.5) is 5.69 Å². The summed E-state index contributed by atoms with van der Waals surface area (Å²) >= 11 is 0. The molecule has 114 valence electrons. The summed E-state index contributed by atoms with van der Waals surface area (Å²) in [6, 6.07) is 4.68. The predicted molar refractivity (Wildman–Crippen MR) is 79.5 cm³/mol. The maximum Gasteiger partial charge on any atom is 0.326 e. The molecule has 1 heterocycles. The van der Waals surface area contributed by atoms with Crippen LogP contribution in [0, 0.1) is 13.8 Å². The number of hydrogen-bond donors (Lipinski definition) is 1. The van der Waals surface area contributed by atoms with Gasteiger partial charge in [-0.15, -0.1) is 0 Å². The van der Waals surface area contributed by atoms with Crippen molar-refractivity contribution in [1.82, 2.24) is 0 Å². The Hall–Kier alpha value is -1.88. The molecule has 0 saturated carbocycles. The minimum Gasteiger partial charge on any atom is -0.480 e. The van der Waals surface area contributed by atoms with Gasteiger partial charge in [0.2, 0.25) is 0 Å². The highest BCUT2D eigenvalue weighted by atomic mass is 16.6. The van der Waals surface area contributed by atoms with Crippen LogP contribution in [0.15, 0.2) is 18.2 Å². The van der Waals surface area contributed by atoms with Crippen molar-refractivity contribution in [2.24, 2.45) is 0 Å². The number of benzene rings is 1. The van der Waals surface area contributed by atoms with Crippen molar-refractivity contribution in [3.63, 3.8) is 0 Å². The van der Waals surface area contributed by atoms with Gasteiger partial charge in [0.1, 0.15) is 6.04 Å². The zero-order chi connectivity index (χ0) is 15.9. The number of nitrogens with zero attached hydrogens (tertiary/aromatic N) is 1. The largest absolute Gasteiger partial charge is 0.480 e. The monoisotopic (exact) mass is 291 g/mol. The Morgan fingerprint density at radius 3 is 2.19 bits per heavy atom. The topological polar surface area (TPSA) is 70.1 Å². The van der Waals surface area contributed by atoms with E-state index in [9.17, 15) is 14.7 Å².